The van der Waals surface area contributed by atoms with Crippen LogP contribution in [0.4, 0.5) is 5.69 Å². The van der Waals surface area contributed by atoms with Crippen molar-refractivity contribution in [2.45, 2.75) is 19.8 Å². The van der Waals surface area contributed by atoms with Gasteiger partial charge in [-0.15, -0.1) is 0 Å². The van der Waals surface area contributed by atoms with Crippen molar-refractivity contribution in [1.82, 2.24) is 0 Å². The van der Waals surface area contributed by atoms with Crippen LogP contribution in [0.3, 0.4) is 0 Å². The van der Waals surface area contributed by atoms with Crippen LogP contribution in [0.15, 0.2) is 48.5 Å². The summed E-state index contributed by atoms with van der Waals surface area (Å²) in [5, 5.41) is 9.51. The molecule has 21 heavy (non-hydrogen) atoms. The van der Waals surface area contributed by atoms with Crippen LogP contribution in [0.2, 0.25) is 0 Å². The van der Waals surface area contributed by atoms with Gasteiger partial charge in [-0.2, -0.15) is 0 Å². The topological polar surface area (TPSA) is 40.5 Å². The number of nitrogens with zero attached hydrogens (tertiary/aromatic N) is 1. The summed E-state index contributed by atoms with van der Waals surface area (Å²) in [7, 11) is 1.94. The average Bonchev–Trinajstić information content (AvgIpc) is 2.45. The minimum absolute atomic E-state index is 0.448. The van der Waals surface area contributed by atoms with E-state index < -0.39 is 11.9 Å². The molecule has 0 spiro atoms. The van der Waals surface area contributed by atoms with Gasteiger partial charge in [0.15, 0.2) is 0 Å². The van der Waals surface area contributed by atoms with Gasteiger partial charge in [0.25, 0.3) is 0 Å². The van der Waals surface area contributed by atoms with Crippen LogP contribution in [-0.2, 0) is 4.79 Å². The Kier molecular flexibility index (Phi) is 4.63. The smallest absolute Gasteiger partial charge is 0.312 e. The van der Waals surface area contributed by atoms with Crippen molar-refractivity contribution in [2.75, 3.05) is 18.5 Å². The summed E-state index contributed by atoms with van der Waals surface area (Å²) in [6.45, 7) is 4.56. The molecule has 1 atom stereocenters. The Hall–Kier alpha value is -2.29. The number of carbonyl (C=O) groups is 1. The van der Waals surface area contributed by atoms with Crippen LogP contribution < -0.4 is 4.90 Å². The third kappa shape index (κ3) is 3.63. The summed E-state index contributed by atoms with van der Waals surface area (Å²) in [5.41, 5.74) is 4.28. The number of rotatable bonds is 5. The molecule has 0 aliphatic heterocycles. The zero-order valence-electron chi connectivity index (χ0n) is 12.7. The van der Waals surface area contributed by atoms with Gasteiger partial charge in [0.05, 0.1) is 5.92 Å². The normalized spacial score (nSPS) is 12.0. The number of hydrogen-bond acceptors (Lipinski definition) is 2. The molecule has 0 fully saturated rings. The zero-order chi connectivity index (χ0) is 15.4. The van der Waals surface area contributed by atoms with Gasteiger partial charge < -0.3 is 10.0 Å². The molecule has 110 valence electrons. The maximum Gasteiger partial charge on any atom is 0.312 e. The van der Waals surface area contributed by atoms with Gasteiger partial charge in [-0.1, -0.05) is 48.0 Å². The van der Waals surface area contributed by atoms with Gasteiger partial charge in [0.1, 0.15) is 0 Å². The lowest BCUT2D eigenvalue weighted by Gasteiger charge is -2.25. The molecule has 3 nitrogen and oxygen atoms in total. The Bertz CT molecular complexity index is 622. The highest BCUT2D eigenvalue weighted by Gasteiger charge is 2.22. The van der Waals surface area contributed by atoms with E-state index in [1.54, 1.807) is 0 Å². The van der Waals surface area contributed by atoms with Gasteiger partial charge in [-0.3, -0.25) is 4.79 Å². The first kappa shape index (κ1) is 15.1. The highest BCUT2D eigenvalue weighted by atomic mass is 16.4. The molecule has 0 radical (unpaired) electrons. The Balaban J connectivity index is 2.23. The number of likely N-dealkylation sites (N-methyl/N-ethyl adjacent to an activating group) is 1. The van der Waals surface area contributed by atoms with Crippen LogP contribution >= 0.6 is 0 Å². The molecule has 0 saturated carbocycles. The lowest BCUT2D eigenvalue weighted by molar-refractivity contribution is -0.138. The third-order valence-corrected chi connectivity index (χ3v) is 3.72. The fourth-order valence-corrected chi connectivity index (χ4v) is 2.62. The number of aliphatic carboxylic acids is 1. The monoisotopic (exact) mass is 283 g/mol. The lowest BCUT2D eigenvalue weighted by Crippen LogP contribution is -2.29. The Morgan fingerprint density at radius 2 is 1.81 bits per heavy atom. The third-order valence-electron chi connectivity index (χ3n) is 3.72. The summed E-state index contributed by atoms with van der Waals surface area (Å²) in [6, 6.07) is 15.6. The first-order valence-electron chi connectivity index (χ1n) is 7.05. The van der Waals surface area contributed by atoms with E-state index >= 15 is 0 Å². The maximum atomic E-state index is 11.6. The summed E-state index contributed by atoms with van der Waals surface area (Å²) < 4.78 is 0. The number of carboxylic acids is 1. The molecule has 1 N–H and O–H groups in total. The summed E-state index contributed by atoms with van der Waals surface area (Å²) >= 11 is 0. The predicted molar refractivity (Wildman–Crippen MR) is 86.0 cm³/mol. The van der Waals surface area contributed by atoms with Crippen LogP contribution in [0.25, 0.3) is 0 Å². The van der Waals surface area contributed by atoms with Crippen molar-refractivity contribution in [1.29, 1.82) is 0 Å². The van der Waals surface area contributed by atoms with Crippen molar-refractivity contribution in [2.24, 2.45) is 0 Å². The SMILES string of the molecule is Cc1ccc(N(C)CC(C(=O)O)c2ccccc2)c(C)c1. The molecule has 2 aromatic carbocycles. The largest absolute Gasteiger partial charge is 0.481 e. The number of anilines is 1. The Morgan fingerprint density at radius 3 is 2.38 bits per heavy atom. The van der Waals surface area contributed by atoms with Crippen LogP contribution in [-0.4, -0.2) is 24.7 Å². The summed E-state index contributed by atoms with van der Waals surface area (Å²) in [5.74, 6) is -1.32. The summed E-state index contributed by atoms with van der Waals surface area (Å²) in [4.78, 5) is 13.6. The van der Waals surface area contributed by atoms with Crippen molar-refractivity contribution in [3.05, 3.63) is 65.2 Å². The van der Waals surface area contributed by atoms with Gasteiger partial charge in [-0.05, 0) is 31.0 Å². The van der Waals surface area contributed by atoms with E-state index in [2.05, 4.69) is 32.0 Å². The van der Waals surface area contributed by atoms with Crippen molar-refractivity contribution in [3.63, 3.8) is 0 Å². The number of carboxylic acid groups (broad SMARTS) is 1. The highest BCUT2D eigenvalue weighted by molar-refractivity contribution is 5.77. The minimum Gasteiger partial charge on any atom is -0.481 e. The van der Waals surface area contributed by atoms with E-state index in [-0.39, 0.29) is 0 Å². The van der Waals surface area contributed by atoms with Gasteiger partial charge in [-0.25, -0.2) is 0 Å². The van der Waals surface area contributed by atoms with Crippen molar-refractivity contribution < 1.29 is 9.90 Å². The molecule has 0 aromatic heterocycles. The quantitative estimate of drug-likeness (QED) is 0.911. The Labute approximate surface area is 125 Å². The molecular weight excluding hydrogens is 262 g/mol. The molecule has 2 rings (SSSR count). The summed E-state index contributed by atoms with van der Waals surface area (Å²) in [6.07, 6.45) is 0. The van der Waals surface area contributed by atoms with E-state index in [9.17, 15) is 9.90 Å². The van der Waals surface area contributed by atoms with E-state index in [1.165, 1.54) is 5.56 Å². The van der Waals surface area contributed by atoms with Crippen molar-refractivity contribution in [3.8, 4) is 0 Å². The lowest BCUT2D eigenvalue weighted by atomic mass is 9.98. The molecule has 0 heterocycles. The second kappa shape index (κ2) is 6.44. The molecule has 0 saturated heterocycles. The van der Waals surface area contributed by atoms with Crippen molar-refractivity contribution >= 4 is 11.7 Å². The van der Waals surface area contributed by atoms with Gasteiger partial charge >= 0.3 is 5.97 Å². The second-order valence-electron chi connectivity index (χ2n) is 5.47. The Morgan fingerprint density at radius 1 is 1.14 bits per heavy atom. The average molecular weight is 283 g/mol. The molecular formula is C18H21NO2. The molecule has 2 aromatic rings. The molecule has 0 aliphatic rings. The van der Waals surface area contributed by atoms with Gasteiger partial charge in [0.2, 0.25) is 0 Å². The first-order valence-corrected chi connectivity index (χ1v) is 7.05. The fraction of sp³-hybridized carbons (Fsp3) is 0.278. The van der Waals surface area contributed by atoms with Crippen LogP contribution in [0.5, 0.6) is 0 Å². The molecule has 1 unspecified atom stereocenters. The van der Waals surface area contributed by atoms with Crippen LogP contribution in [0.1, 0.15) is 22.6 Å². The molecule has 0 bridgehead atoms. The highest BCUT2D eigenvalue weighted by Crippen LogP contribution is 2.24. The number of hydrogen-bond donors (Lipinski definition) is 1. The standard InChI is InChI=1S/C18H21NO2/c1-13-9-10-17(14(2)11-13)19(3)12-16(18(20)21)15-7-5-4-6-8-15/h4-11,16H,12H2,1-3H3,(H,20,21). The minimum atomic E-state index is -0.794. The number of aryl methyl sites for hydroxylation is 2. The zero-order valence-corrected chi connectivity index (χ0v) is 12.7. The van der Waals surface area contributed by atoms with Gasteiger partial charge in [0, 0.05) is 19.3 Å². The maximum absolute atomic E-state index is 11.6. The van der Waals surface area contributed by atoms with Crippen LogP contribution in [0, 0.1) is 13.8 Å². The van der Waals surface area contributed by atoms with E-state index in [0.717, 1.165) is 16.8 Å². The first-order chi connectivity index (χ1) is 9.99. The van der Waals surface area contributed by atoms with E-state index in [0.29, 0.717) is 6.54 Å². The molecule has 3 heteroatoms. The second-order valence-corrected chi connectivity index (χ2v) is 5.47. The molecule has 0 aliphatic carbocycles. The predicted octanol–water partition coefficient (Wildman–Crippen LogP) is 3.61. The number of benzene rings is 2. The molecule has 0 amide bonds. The van der Waals surface area contributed by atoms with E-state index in [1.807, 2.05) is 42.3 Å². The van der Waals surface area contributed by atoms with E-state index in [4.69, 9.17) is 0 Å². The fourth-order valence-electron chi connectivity index (χ4n) is 2.62.